The van der Waals surface area contributed by atoms with Gasteiger partial charge in [-0.2, -0.15) is 0 Å². The molecule has 0 aliphatic heterocycles. The molecule has 104 valence electrons. The molecule has 0 aliphatic rings. The number of benzene rings is 2. The SMILES string of the molecule is CC(Nc1ccc(Br)c2ccccc12)C(=O)NC(N)=O. The molecule has 4 N–H and O–H groups in total. The number of anilines is 1. The summed E-state index contributed by atoms with van der Waals surface area (Å²) in [5.41, 5.74) is 5.75. The Labute approximate surface area is 124 Å². The Bertz CT molecular complexity index is 673. The number of hydrogen-bond acceptors (Lipinski definition) is 3. The van der Waals surface area contributed by atoms with E-state index in [9.17, 15) is 9.59 Å². The summed E-state index contributed by atoms with van der Waals surface area (Å²) in [4.78, 5) is 22.4. The first-order valence-corrected chi connectivity index (χ1v) is 6.82. The molecule has 0 spiro atoms. The molecule has 20 heavy (non-hydrogen) atoms. The molecule has 0 bridgehead atoms. The Kier molecular flexibility index (Phi) is 4.24. The fraction of sp³-hybridized carbons (Fsp3) is 0.143. The van der Waals surface area contributed by atoms with Crippen molar-refractivity contribution in [3.63, 3.8) is 0 Å². The van der Waals surface area contributed by atoms with Gasteiger partial charge in [0.25, 0.3) is 0 Å². The number of amides is 3. The van der Waals surface area contributed by atoms with Crippen LogP contribution in [0.2, 0.25) is 0 Å². The van der Waals surface area contributed by atoms with E-state index >= 15 is 0 Å². The quantitative estimate of drug-likeness (QED) is 0.805. The normalized spacial score (nSPS) is 11.9. The molecule has 2 rings (SSSR count). The molecule has 1 atom stereocenters. The summed E-state index contributed by atoms with van der Waals surface area (Å²) in [7, 11) is 0. The number of carbonyl (C=O) groups is 2. The predicted molar refractivity (Wildman–Crippen MR) is 82.5 cm³/mol. The van der Waals surface area contributed by atoms with Crippen LogP contribution in [0, 0.1) is 0 Å². The Morgan fingerprint density at radius 3 is 2.45 bits per heavy atom. The molecule has 0 aromatic heterocycles. The number of nitrogens with two attached hydrogens (primary N) is 1. The zero-order valence-corrected chi connectivity index (χ0v) is 12.4. The van der Waals surface area contributed by atoms with E-state index in [2.05, 4.69) is 26.6 Å². The van der Waals surface area contributed by atoms with Gasteiger partial charge in [0.2, 0.25) is 5.91 Å². The number of hydrogen-bond donors (Lipinski definition) is 3. The number of halogens is 1. The zero-order valence-electron chi connectivity index (χ0n) is 10.8. The van der Waals surface area contributed by atoms with Crippen molar-refractivity contribution in [3.05, 3.63) is 40.9 Å². The molecule has 6 heteroatoms. The molecule has 1 unspecified atom stereocenters. The van der Waals surface area contributed by atoms with Crippen molar-refractivity contribution in [1.82, 2.24) is 5.32 Å². The maximum absolute atomic E-state index is 11.7. The maximum atomic E-state index is 11.7. The van der Waals surface area contributed by atoms with Crippen LogP contribution in [-0.2, 0) is 4.79 Å². The number of carbonyl (C=O) groups excluding carboxylic acids is 2. The van der Waals surface area contributed by atoms with Crippen molar-refractivity contribution in [2.45, 2.75) is 13.0 Å². The molecule has 0 saturated heterocycles. The molecular weight excluding hydrogens is 322 g/mol. The van der Waals surface area contributed by atoms with E-state index in [0.717, 1.165) is 20.9 Å². The van der Waals surface area contributed by atoms with Gasteiger partial charge in [0, 0.05) is 15.5 Å². The molecule has 0 radical (unpaired) electrons. The van der Waals surface area contributed by atoms with Crippen LogP contribution in [0.15, 0.2) is 40.9 Å². The summed E-state index contributed by atoms with van der Waals surface area (Å²) in [5.74, 6) is -0.468. The highest BCUT2D eigenvalue weighted by atomic mass is 79.9. The fourth-order valence-electron chi connectivity index (χ4n) is 1.92. The number of urea groups is 1. The molecule has 5 nitrogen and oxygen atoms in total. The van der Waals surface area contributed by atoms with Gasteiger partial charge in [0.05, 0.1) is 0 Å². The third kappa shape index (κ3) is 3.08. The van der Waals surface area contributed by atoms with Crippen LogP contribution >= 0.6 is 15.9 Å². The van der Waals surface area contributed by atoms with E-state index in [4.69, 9.17) is 5.73 Å². The second kappa shape index (κ2) is 5.92. The Morgan fingerprint density at radius 2 is 1.80 bits per heavy atom. The monoisotopic (exact) mass is 335 g/mol. The summed E-state index contributed by atoms with van der Waals surface area (Å²) in [6, 6.07) is 10.2. The van der Waals surface area contributed by atoms with Crippen molar-refractivity contribution in [1.29, 1.82) is 0 Å². The minimum absolute atomic E-state index is 0.468. The molecular formula is C14H14BrN3O2. The number of primary amides is 1. The van der Waals surface area contributed by atoms with Crippen molar-refractivity contribution < 1.29 is 9.59 Å². The average Bonchev–Trinajstić information content (AvgIpc) is 2.41. The van der Waals surface area contributed by atoms with Crippen LogP contribution in [0.3, 0.4) is 0 Å². The van der Waals surface area contributed by atoms with Crippen LogP contribution in [0.1, 0.15) is 6.92 Å². The van der Waals surface area contributed by atoms with Crippen molar-refractivity contribution in [2.75, 3.05) is 5.32 Å². The van der Waals surface area contributed by atoms with Crippen molar-refractivity contribution >= 4 is 44.3 Å². The van der Waals surface area contributed by atoms with E-state index in [1.54, 1.807) is 6.92 Å². The second-order valence-corrected chi connectivity index (χ2v) is 5.21. The molecule has 0 aliphatic carbocycles. The van der Waals surface area contributed by atoms with Gasteiger partial charge in [-0.3, -0.25) is 10.1 Å². The fourth-order valence-corrected chi connectivity index (χ4v) is 2.39. The van der Waals surface area contributed by atoms with Gasteiger partial charge in [-0.1, -0.05) is 40.2 Å². The molecule has 2 aromatic carbocycles. The number of fused-ring (bicyclic) bond motifs is 1. The lowest BCUT2D eigenvalue weighted by atomic mass is 10.1. The van der Waals surface area contributed by atoms with Crippen molar-refractivity contribution in [2.24, 2.45) is 5.73 Å². The Hall–Kier alpha value is -2.08. The van der Waals surface area contributed by atoms with Crippen molar-refractivity contribution in [3.8, 4) is 0 Å². The highest BCUT2D eigenvalue weighted by molar-refractivity contribution is 9.10. The third-order valence-corrected chi connectivity index (χ3v) is 3.57. The third-order valence-electron chi connectivity index (χ3n) is 2.88. The van der Waals surface area contributed by atoms with Gasteiger partial charge in [0.15, 0.2) is 0 Å². The summed E-state index contributed by atoms with van der Waals surface area (Å²) in [5, 5.41) is 7.16. The van der Waals surface area contributed by atoms with Gasteiger partial charge in [-0.25, -0.2) is 4.79 Å². The van der Waals surface area contributed by atoms with Gasteiger partial charge in [-0.05, 0) is 24.4 Å². The minimum Gasteiger partial charge on any atom is -0.373 e. The smallest absolute Gasteiger partial charge is 0.318 e. The number of imide groups is 1. The summed E-state index contributed by atoms with van der Waals surface area (Å²) >= 11 is 3.49. The Balaban J connectivity index is 2.28. The Morgan fingerprint density at radius 1 is 1.15 bits per heavy atom. The van der Waals surface area contributed by atoms with Crippen LogP contribution in [-0.4, -0.2) is 18.0 Å². The highest BCUT2D eigenvalue weighted by Gasteiger charge is 2.15. The molecule has 0 heterocycles. The minimum atomic E-state index is -0.857. The largest absolute Gasteiger partial charge is 0.373 e. The second-order valence-electron chi connectivity index (χ2n) is 4.36. The average molecular weight is 336 g/mol. The van der Waals surface area contributed by atoms with E-state index < -0.39 is 18.0 Å². The molecule has 3 amide bonds. The topological polar surface area (TPSA) is 84.2 Å². The maximum Gasteiger partial charge on any atom is 0.318 e. The lowest BCUT2D eigenvalue weighted by molar-refractivity contribution is -0.120. The first kappa shape index (κ1) is 14.3. The van der Waals surface area contributed by atoms with Crippen LogP contribution in [0.25, 0.3) is 10.8 Å². The summed E-state index contributed by atoms with van der Waals surface area (Å²) in [6.45, 7) is 1.66. The van der Waals surface area contributed by atoms with Gasteiger partial charge < -0.3 is 11.1 Å². The van der Waals surface area contributed by atoms with E-state index in [-0.39, 0.29) is 0 Å². The lowest BCUT2D eigenvalue weighted by Gasteiger charge is -2.16. The zero-order chi connectivity index (χ0) is 14.7. The molecule has 2 aromatic rings. The van der Waals surface area contributed by atoms with Gasteiger partial charge in [0.1, 0.15) is 6.04 Å². The van der Waals surface area contributed by atoms with E-state index in [0.29, 0.717) is 0 Å². The summed E-state index contributed by atoms with van der Waals surface area (Å²) in [6.07, 6.45) is 0. The van der Waals surface area contributed by atoms with Crippen LogP contribution in [0.4, 0.5) is 10.5 Å². The first-order chi connectivity index (χ1) is 9.49. The van der Waals surface area contributed by atoms with Crippen LogP contribution in [0.5, 0.6) is 0 Å². The van der Waals surface area contributed by atoms with Gasteiger partial charge >= 0.3 is 6.03 Å². The van der Waals surface area contributed by atoms with Gasteiger partial charge in [-0.15, -0.1) is 0 Å². The predicted octanol–water partition coefficient (Wildman–Crippen LogP) is 2.60. The summed E-state index contributed by atoms with van der Waals surface area (Å²) < 4.78 is 0.980. The van der Waals surface area contributed by atoms with E-state index in [1.165, 1.54) is 0 Å². The number of rotatable bonds is 3. The van der Waals surface area contributed by atoms with E-state index in [1.807, 2.05) is 36.4 Å². The number of nitrogens with one attached hydrogen (secondary N) is 2. The van der Waals surface area contributed by atoms with Crippen LogP contribution < -0.4 is 16.4 Å². The molecule has 0 saturated carbocycles. The lowest BCUT2D eigenvalue weighted by Crippen LogP contribution is -2.43. The first-order valence-electron chi connectivity index (χ1n) is 6.03. The highest BCUT2D eigenvalue weighted by Crippen LogP contribution is 2.30. The molecule has 0 fully saturated rings. The standard InChI is InChI=1S/C14H14BrN3O2/c1-8(13(19)18-14(16)20)17-12-7-6-11(15)9-4-2-3-5-10(9)12/h2-8,17H,1H3,(H3,16,18,19,20).